The third-order valence-electron chi connectivity index (χ3n) is 5.18. The summed E-state index contributed by atoms with van der Waals surface area (Å²) in [5.74, 6) is 0.770. The molecule has 5 nitrogen and oxygen atoms in total. The van der Waals surface area contributed by atoms with Crippen LogP contribution in [0, 0.1) is 6.92 Å². The summed E-state index contributed by atoms with van der Waals surface area (Å²) >= 11 is 0. The van der Waals surface area contributed by atoms with E-state index >= 15 is 0 Å². The molecule has 1 heterocycles. The van der Waals surface area contributed by atoms with Gasteiger partial charge in [0, 0.05) is 45.2 Å². The molecular formula is C25H32N2O3. The largest absolute Gasteiger partial charge is 0.491 e. The second kappa shape index (κ2) is 11.6. The smallest absolute Gasteiger partial charge is 0.119 e. The molecule has 5 heteroatoms. The number of hydrogen-bond acceptors (Lipinski definition) is 4. The van der Waals surface area contributed by atoms with Gasteiger partial charge >= 0.3 is 0 Å². The van der Waals surface area contributed by atoms with Crippen LogP contribution in [-0.4, -0.2) is 54.1 Å². The van der Waals surface area contributed by atoms with Crippen LogP contribution in [0.2, 0.25) is 0 Å². The van der Waals surface area contributed by atoms with E-state index < -0.39 is 6.10 Å². The average Bonchev–Trinajstić information content (AvgIpc) is 3.19. The minimum absolute atomic E-state index is 0.262. The predicted octanol–water partition coefficient (Wildman–Crippen LogP) is 3.73. The quantitative estimate of drug-likeness (QED) is 0.496. The van der Waals surface area contributed by atoms with Crippen LogP contribution in [0.5, 0.6) is 5.75 Å². The highest BCUT2D eigenvalue weighted by Crippen LogP contribution is 2.14. The van der Waals surface area contributed by atoms with Crippen LogP contribution in [-0.2, 0) is 17.8 Å². The number of aliphatic hydroxyl groups is 1. The van der Waals surface area contributed by atoms with Crippen molar-refractivity contribution in [2.75, 3.05) is 33.4 Å². The fourth-order valence-corrected chi connectivity index (χ4v) is 3.46. The van der Waals surface area contributed by atoms with Crippen molar-refractivity contribution in [3.63, 3.8) is 0 Å². The molecular weight excluding hydrogens is 376 g/mol. The van der Waals surface area contributed by atoms with Crippen molar-refractivity contribution in [2.45, 2.75) is 26.1 Å². The summed E-state index contributed by atoms with van der Waals surface area (Å²) in [6, 6.07) is 22.3. The number of para-hydroxylation sites is 1. The van der Waals surface area contributed by atoms with Crippen molar-refractivity contribution in [3.05, 3.63) is 89.7 Å². The molecule has 0 saturated heterocycles. The molecule has 30 heavy (non-hydrogen) atoms. The lowest BCUT2D eigenvalue weighted by Gasteiger charge is -2.25. The molecule has 0 bridgehead atoms. The Morgan fingerprint density at radius 1 is 1.00 bits per heavy atom. The van der Waals surface area contributed by atoms with Gasteiger partial charge < -0.3 is 19.1 Å². The van der Waals surface area contributed by atoms with Gasteiger partial charge in [-0.1, -0.05) is 42.5 Å². The maximum Gasteiger partial charge on any atom is 0.119 e. The fraction of sp³-hybridized carbons (Fsp3) is 0.360. The number of nitrogens with zero attached hydrogens (tertiary/aromatic N) is 2. The van der Waals surface area contributed by atoms with Gasteiger partial charge in [0.1, 0.15) is 18.5 Å². The first kappa shape index (κ1) is 22.1. The van der Waals surface area contributed by atoms with Crippen molar-refractivity contribution in [1.29, 1.82) is 0 Å². The predicted molar refractivity (Wildman–Crippen MR) is 120 cm³/mol. The number of methoxy groups -OCH3 is 1. The molecule has 2 aromatic carbocycles. The zero-order valence-corrected chi connectivity index (χ0v) is 17.9. The Morgan fingerprint density at radius 3 is 2.53 bits per heavy atom. The molecule has 1 N–H and O–H groups in total. The third-order valence-corrected chi connectivity index (χ3v) is 5.18. The molecule has 160 valence electrons. The van der Waals surface area contributed by atoms with Gasteiger partial charge in [0.2, 0.25) is 0 Å². The third kappa shape index (κ3) is 6.73. The molecule has 1 aromatic heterocycles. The van der Waals surface area contributed by atoms with Crippen LogP contribution in [0.15, 0.2) is 72.9 Å². The molecule has 0 aliphatic carbocycles. The summed E-state index contributed by atoms with van der Waals surface area (Å²) in [6.45, 7) is 5.87. The Hall–Kier alpha value is -2.60. The number of rotatable bonds is 12. The Balaban J connectivity index is 1.60. The zero-order chi connectivity index (χ0) is 21.2. The first-order chi connectivity index (χ1) is 14.7. The molecule has 1 atom stereocenters. The van der Waals surface area contributed by atoms with E-state index in [1.165, 1.54) is 16.8 Å². The highest BCUT2D eigenvalue weighted by atomic mass is 16.5. The Labute approximate surface area is 179 Å². The number of hydrogen-bond donors (Lipinski definition) is 1. The van der Waals surface area contributed by atoms with Gasteiger partial charge in [-0.3, -0.25) is 4.90 Å². The maximum absolute atomic E-state index is 10.5. The Bertz CT molecular complexity index is 879. The fourth-order valence-electron chi connectivity index (χ4n) is 3.46. The molecule has 0 radical (unpaired) electrons. The van der Waals surface area contributed by atoms with E-state index in [4.69, 9.17) is 9.47 Å². The topological polar surface area (TPSA) is 46.9 Å². The number of ether oxygens (including phenoxy) is 2. The standard InChI is InChI=1S/C25H32N2O3/c1-21-9-6-7-10-22(21)17-27-14-8-11-23(27)18-26(15-16-29-2)19-24(28)20-30-25-12-4-3-5-13-25/h3-14,24,28H,15-20H2,1-2H3/t24-/m1/s1. The van der Waals surface area contributed by atoms with E-state index in [2.05, 4.69) is 59.0 Å². The number of benzene rings is 2. The van der Waals surface area contributed by atoms with E-state index in [0.717, 1.165) is 25.4 Å². The molecule has 0 aliphatic rings. The lowest BCUT2D eigenvalue weighted by Crippen LogP contribution is -2.37. The van der Waals surface area contributed by atoms with Gasteiger partial charge in [-0.05, 0) is 42.3 Å². The minimum atomic E-state index is -0.582. The minimum Gasteiger partial charge on any atom is -0.491 e. The Kier molecular flexibility index (Phi) is 8.51. The van der Waals surface area contributed by atoms with Crippen molar-refractivity contribution >= 4 is 0 Å². The Morgan fingerprint density at radius 2 is 1.77 bits per heavy atom. The SMILES string of the molecule is COCCN(Cc1cccn1Cc1ccccc1C)C[C@@H](O)COc1ccccc1. The summed E-state index contributed by atoms with van der Waals surface area (Å²) in [5.41, 5.74) is 3.82. The molecule has 0 fully saturated rings. The summed E-state index contributed by atoms with van der Waals surface area (Å²) in [5, 5.41) is 10.5. The highest BCUT2D eigenvalue weighted by molar-refractivity contribution is 5.26. The van der Waals surface area contributed by atoms with Crippen molar-refractivity contribution in [2.24, 2.45) is 0 Å². The van der Waals surface area contributed by atoms with Crippen LogP contribution in [0.3, 0.4) is 0 Å². The van der Waals surface area contributed by atoms with Gasteiger partial charge in [-0.2, -0.15) is 0 Å². The lowest BCUT2D eigenvalue weighted by molar-refractivity contribution is 0.0534. The van der Waals surface area contributed by atoms with Crippen LogP contribution in [0.1, 0.15) is 16.8 Å². The molecule has 0 aliphatic heterocycles. The molecule has 0 spiro atoms. The van der Waals surface area contributed by atoms with Crippen molar-refractivity contribution in [1.82, 2.24) is 9.47 Å². The van der Waals surface area contributed by atoms with Crippen LogP contribution >= 0.6 is 0 Å². The monoisotopic (exact) mass is 408 g/mol. The zero-order valence-electron chi connectivity index (χ0n) is 17.9. The van der Waals surface area contributed by atoms with Crippen molar-refractivity contribution < 1.29 is 14.6 Å². The van der Waals surface area contributed by atoms with Crippen LogP contribution in [0.4, 0.5) is 0 Å². The summed E-state index contributed by atoms with van der Waals surface area (Å²) in [6.07, 6.45) is 1.53. The van der Waals surface area contributed by atoms with E-state index in [1.54, 1.807) is 7.11 Å². The molecule has 0 amide bonds. The van der Waals surface area contributed by atoms with E-state index in [0.29, 0.717) is 13.2 Å². The van der Waals surface area contributed by atoms with Crippen molar-refractivity contribution in [3.8, 4) is 5.75 Å². The molecule has 3 aromatic rings. The first-order valence-corrected chi connectivity index (χ1v) is 10.4. The maximum atomic E-state index is 10.5. The second-order valence-electron chi connectivity index (χ2n) is 7.56. The van der Waals surface area contributed by atoms with Gasteiger partial charge in [0.15, 0.2) is 0 Å². The molecule has 3 rings (SSSR count). The lowest BCUT2D eigenvalue weighted by atomic mass is 10.1. The van der Waals surface area contributed by atoms with Crippen LogP contribution < -0.4 is 4.74 Å². The second-order valence-corrected chi connectivity index (χ2v) is 7.56. The highest BCUT2D eigenvalue weighted by Gasteiger charge is 2.15. The molecule has 0 unspecified atom stereocenters. The van der Waals surface area contributed by atoms with E-state index in [9.17, 15) is 5.11 Å². The van der Waals surface area contributed by atoms with Gasteiger partial charge in [-0.15, -0.1) is 0 Å². The summed E-state index contributed by atoms with van der Waals surface area (Å²) in [7, 11) is 1.70. The molecule has 0 saturated carbocycles. The first-order valence-electron chi connectivity index (χ1n) is 10.4. The average molecular weight is 409 g/mol. The van der Waals surface area contributed by atoms with E-state index in [-0.39, 0.29) is 6.61 Å². The number of aryl methyl sites for hydroxylation is 1. The van der Waals surface area contributed by atoms with Gasteiger partial charge in [0.25, 0.3) is 0 Å². The summed E-state index contributed by atoms with van der Waals surface area (Å²) < 4.78 is 13.3. The van der Waals surface area contributed by atoms with Gasteiger partial charge in [-0.25, -0.2) is 0 Å². The summed E-state index contributed by atoms with van der Waals surface area (Å²) in [4.78, 5) is 2.21. The number of aromatic nitrogens is 1. The number of aliphatic hydroxyl groups excluding tert-OH is 1. The normalized spacial score (nSPS) is 12.3. The van der Waals surface area contributed by atoms with Gasteiger partial charge in [0.05, 0.1) is 6.61 Å². The van der Waals surface area contributed by atoms with E-state index in [1.807, 2.05) is 30.3 Å². The van der Waals surface area contributed by atoms with Crippen LogP contribution in [0.25, 0.3) is 0 Å².